The minimum Gasteiger partial charge on any atom is -0.480 e. The van der Waals surface area contributed by atoms with Gasteiger partial charge in [-0.1, -0.05) is 26.7 Å². The second kappa shape index (κ2) is 6.44. The third-order valence-corrected chi connectivity index (χ3v) is 5.14. The zero-order chi connectivity index (χ0) is 14.8. The summed E-state index contributed by atoms with van der Waals surface area (Å²) in [4.78, 5) is 16.6. The van der Waals surface area contributed by atoms with E-state index in [1.54, 1.807) is 0 Å². The summed E-state index contributed by atoms with van der Waals surface area (Å²) in [7, 11) is 2.12. The summed E-state index contributed by atoms with van der Waals surface area (Å²) in [6.07, 6.45) is 5.13. The van der Waals surface area contributed by atoms with Crippen LogP contribution in [0, 0.1) is 11.8 Å². The summed E-state index contributed by atoms with van der Waals surface area (Å²) < 4.78 is 0. The fraction of sp³-hybridized carbons (Fsp3) is 0.938. The summed E-state index contributed by atoms with van der Waals surface area (Å²) in [5, 5.41) is 9.90. The molecule has 0 aromatic heterocycles. The molecule has 2 aliphatic rings. The number of hydrogen-bond acceptors (Lipinski definition) is 3. The average Bonchev–Trinajstić information content (AvgIpc) is 2.38. The Bertz CT molecular complexity index is 337. The molecule has 0 aromatic carbocycles. The Hall–Kier alpha value is -0.610. The minimum absolute atomic E-state index is 0.583. The zero-order valence-electron chi connectivity index (χ0n) is 13.3. The molecule has 116 valence electrons. The van der Waals surface area contributed by atoms with E-state index in [2.05, 4.69) is 30.7 Å². The van der Waals surface area contributed by atoms with E-state index in [0.29, 0.717) is 11.8 Å². The predicted octanol–water partition coefficient (Wildman–Crippen LogP) is 2.29. The zero-order valence-corrected chi connectivity index (χ0v) is 13.3. The van der Waals surface area contributed by atoms with E-state index >= 15 is 0 Å². The average molecular weight is 282 g/mol. The van der Waals surface area contributed by atoms with Crippen LogP contribution in [0.25, 0.3) is 0 Å². The third kappa shape index (κ3) is 3.34. The predicted molar refractivity (Wildman–Crippen MR) is 80.8 cm³/mol. The monoisotopic (exact) mass is 282 g/mol. The molecular weight excluding hydrogens is 252 g/mol. The molecule has 0 bridgehead atoms. The number of carbonyl (C=O) groups is 1. The lowest BCUT2D eigenvalue weighted by molar-refractivity contribution is -0.157. The Balaban J connectivity index is 2.10. The lowest BCUT2D eigenvalue weighted by atomic mass is 9.72. The van der Waals surface area contributed by atoms with Gasteiger partial charge < -0.3 is 10.0 Å². The van der Waals surface area contributed by atoms with E-state index < -0.39 is 11.5 Å². The van der Waals surface area contributed by atoms with Crippen LogP contribution in [0.15, 0.2) is 0 Å². The second-order valence-corrected chi connectivity index (χ2v) is 7.22. The first-order valence-electron chi connectivity index (χ1n) is 8.11. The summed E-state index contributed by atoms with van der Waals surface area (Å²) in [5.74, 6) is 0.659. The van der Waals surface area contributed by atoms with Gasteiger partial charge in [0.25, 0.3) is 0 Å². The summed E-state index contributed by atoms with van der Waals surface area (Å²) in [6, 6.07) is 0. The van der Waals surface area contributed by atoms with Crippen molar-refractivity contribution in [2.75, 3.05) is 33.2 Å². The molecule has 4 heteroatoms. The van der Waals surface area contributed by atoms with Crippen molar-refractivity contribution in [2.45, 2.75) is 51.5 Å². The van der Waals surface area contributed by atoms with Crippen molar-refractivity contribution in [2.24, 2.45) is 11.8 Å². The molecule has 0 radical (unpaired) electrons. The summed E-state index contributed by atoms with van der Waals surface area (Å²) in [5.41, 5.74) is -0.584. The van der Waals surface area contributed by atoms with Gasteiger partial charge in [0.15, 0.2) is 0 Å². The van der Waals surface area contributed by atoms with Crippen LogP contribution >= 0.6 is 0 Å². The lowest BCUT2D eigenvalue weighted by Gasteiger charge is -2.48. The Morgan fingerprint density at radius 2 is 1.95 bits per heavy atom. The first-order valence-corrected chi connectivity index (χ1v) is 8.11. The van der Waals surface area contributed by atoms with Crippen LogP contribution < -0.4 is 0 Å². The largest absolute Gasteiger partial charge is 0.480 e. The molecule has 4 nitrogen and oxygen atoms in total. The normalized spacial score (nSPS) is 33.5. The number of hydrogen-bond donors (Lipinski definition) is 1. The van der Waals surface area contributed by atoms with E-state index in [-0.39, 0.29) is 0 Å². The molecule has 1 aliphatic heterocycles. The number of aliphatic carboxylic acids is 1. The molecule has 2 rings (SSSR count). The molecule has 1 aliphatic carbocycles. The Morgan fingerprint density at radius 1 is 1.30 bits per heavy atom. The number of piperazine rings is 1. The molecule has 1 heterocycles. The fourth-order valence-electron chi connectivity index (χ4n) is 4.08. The maximum absolute atomic E-state index is 12.0. The highest BCUT2D eigenvalue weighted by molar-refractivity contribution is 5.79. The molecule has 2 atom stereocenters. The maximum Gasteiger partial charge on any atom is 0.324 e. The smallest absolute Gasteiger partial charge is 0.324 e. The second-order valence-electron chi connectivity index (χ2n) is 7.22. The van der Waals surface area contributed by atoms with E-state index in [4.69, 9.17) is 0 Å². The highest BCUT2D eigenvalue weighted by Crippen LogP contribution is 2.40. The Labute approximate surface area is 123 Å². The van der Waals surface area contributed by atoms with Crippen molar-refractivity contribution in [3.63, 3.8) is 0 Å². The SMILES string of the molecule is CC(C)CC1CCCC(C(=O)O)(N2CCN(C)CC2)C1. The van der Waals surface area contributed by atoms with E-state index in [9.17, 15) is 9.90 Å². The molecule has 1 N–H and O–H groups in total. The van der Waals surface area contributed by atoms with Gasteiger partial charge in [-0.3, -0.25) is 9.69 Å². The molecule has 0 aromatic rings. The van der Waals surface area contributed by atoms with Gasteiger partial charge in [-0.25, -0.2) is 0 Å². The van der Waals surface area contributed by atoms with Gasteiger partial charge in [0, 0.05) is 26.2 Å². The lowest BCUT2D eigenvalue weighted by Crippen LogP contribution is -2.62. The molecule has 0 amide bonds. The first kappa shape index (κ1) is 15.8. The van der Waals surface area contributed by atoms with Gasteiger partial charge in [0.05, 0.1) is 0 Å². The van der Waals surface area contributed by atoms with Gasteiger partial charge in [-0.05, 0) is 38.1 Å². The van der Waals surface area contributed by atoms with Crippen LogP contribution in [-0.2, 0) is 4.79 Å². The van der Waals surface area contributed by atoms with Crippen molar-refractivity contribution < 1.29 is 9.90 Å². The van der Waals surface area contributed by atoms with Gasteiger partial charge in [0.2, 0.25) is 0 Å². The third-order valence-electron chi connectivity index (χ3n) is 5.14. The van der Waals surface area contributed by atoms with Crippen LogP contribution in [0.3, 0.4) is 0 Å². The van der Waals surface area contributed by atoms with Crippen LogP contribution in [0.2, 0.25) is 0 Å². The van der Waals surface area contributed by atoms with Crippen LogP contribution in [0.4, 0.5) is 0 Å². The molecule has 2 unspecified atom stereocenters. The number of nitrogens with zero attached hydrogens (tertiary/aromatic N) is 2. The van der Waals surface area contributed by atoms with E-state index in [0.717, 1.165) is 45.4 Å². The molecule has 0 spiro atoms. The summed E-state index contributed by atoms with van der Waals surface area (Å²) >= 11 is 0. The van der Waals surface area contributed by atoms with Crippen LogP contribution in [0.1, 0.15) is 46.0 Å². The molecule has 1 saturated carbocycles. The fourth-order valence-corrected chi connectivity index (χ4v) is 4.08. The van der Waals surface area contributed by atoms with E-state index in [1.165, 1.54) is 12.8 Å². The van der Waals surface area contributed by atoms with Gasteiger partial charge >= 0.3 is 5.97 Å². The van der Waals surface area contributed by atoms with Crippen molar-refractivity contribution in [1.82, 2.24) is 9.80 Å². The topological polar surface area (TPSA) is 43.8 Å². The van der Waals surface area contributed by atoms with Crippen LogP contribution in [-0.4, -0.2) is 59.6 Å². The quantitative estimate of drug-likeness (QED) is 0.859. The Morgan fingerprint density at radius 3 is 2.50 bits per heavy atom. The highest BCUT2D eigenvalue weighted by atomic mass is 16.4. The number of carboxylic acid groups (broad SMARTS) is 1. The first-order chi connectivity index (χ1) is 9.44. The summed E-state index contributed by atoms with van der Waals surface area (Å²) in [6.45, 7) is 8.27. The van der Waals surface area contributed by atoms with Crippen molar-refractivity contribution in [3.05, 3.63) is 0 Å². The highest BCUT2D eigenvalue weighted by Gasteiger charge is 2.47. The van der Waals surface area contributed by atoms with E-state index in [1.807, 2.05) is 0 Å². The molecular formula is C16H30N2O2. The number of likely N-dealkylation sites (N-methyl/N-ethyl adjacent to an activating group) is 1. The number of rotatable bonds is 4. The van der Waals surface area contributed by atoms with Crippen LogP contribution in [0.5, 0.6) is 0 Å². The van der Waals surface area contributed by atoms with Gasteiger partial charge in [0.1, 0.15) is 5.54 Å². The maximum atomic E-state index is 12.0. The molecule has 1 saturated heterocycles. The van der Waals surface area contributed by atoms with Gasteiger partial charge in [-0.15, -0.1) is 0 Å². The number of carboxylic acids is 1. The Kier molecular flexibility index (Phi) is 5.08. The minimum atomic E-state index is -0.587. The standard InChI is InChI=1S/C16H30N2O2/c1-13(2)11-14-5-4-6-16(12-14,15(19)20)18-9-7-17(3)8-10-18/h13-14H,4-12H2,1-3H3,(H,19,20). The van der Waals surface area contributed by atoms with Crippen molar-refractivity contribution in [3.8, 4) is 0 Å². The van der Waals surface area contributed by atoms with Crippen molar-refractivity contribution >= 4 is 5.97 Å². The molecule has 20 heavy (non-hydrogen) atoms. The molecule has 2 fully saturated rings. The van der Waals surface area contributed by atoms with Gasteiger partial charge in [-0.2, -0.15) is 0 Å². The van der Waals surface area contributed by atoms with Crippen molar-refractivity contribution in [1.29, 1.82) is 0 Å².